The maximum atomic E-state index is 10.8. The molecule has 6 nitrogen and oxygen atoms in total. The molecule has 2 fully saturated rings. The number of fused-ring (bicyclic) bond motifs is 2. The van der Waals surface area contributed by atoms with Crippen LogP contribution in [0.15, 0.2) is 4.52 Å². The van der Waals surface area contributed by atoms with Crippen molar-refractivity contribution >= 4 is 5.97 Å². The third-order valence-electron chi connectivity index (χ3n) is 4.34. The third kappa shape index (κ3) is 2.63. The fourth-order valence-electron chi connectivity index (χ4n) is 3.63. The molecule has 0 amide bonds. The second-order valence-electron chi connectivity index (χ2n) is 5.72. The fourth-order valence-corrected chi connectivity index (χ4v) is 3.63. The van der Waals surface area contributed by atoms with Crippen LogP contribution >= 0.6 is 0 Å². The molecule has 0 aromatic carbocycles. The van der Waals surface area contributed by atoms with Gasteiger partial charge in [-0.2, -0.15) is 4.98 Å². The van der Waals surface area contributed by atoms with Crippen molar-refractivity contribution in [3.8, 4) is 0 Å². The number of nitrogens with zero attached hydrogens (tertiary/aromatic N) is 3. The smallest absolute Gasteiger partial charge is 0.303 e. The molecule has 2 bridgehead atoms. The molecule has 0 spiro atoms. The molecule has 104 valence electrons. The zero-order valence-corrected chi connectivity index (χ0v) is 11.1. The summed E-state index contributed by atoms with van der Waals surface area (Å²) in [6.07, 6.45) is 4.61. The molecular weight excluding hydrogens is 246 g/mol. The summed E-state index contributed by atoms with van der Waals surface area (Å²) in [7, 11) is 0. The second-order valence-corrected chi connectivity index (χ2v) is 5.72. The third-order valence-corrected chi connectivity index (χ3v) is 4.34. The molecular formula is C13H19N3O3. The number of piperidine rings is 1. The molecule has 19 heavy (non-hydrogen) atoms. The highest BCUT2D eigenvalue weighted by Gasteiger charge is 2.41. The van der Waals surface area contributed by atoms with Crippen molar-refractivity contribution in [1.29, 1.82) is 0 Å². The Balaban J connectivity index is 1.64. The Morgan fingerprint density at radius 2 is 2.11 bits per heavy atom. The van der Waals surface area contributed by atoms with Crippen LogP contribution in [0.4, 0.5) is 0 Å². The van der Waals surface area contributed by atoms with Gasteiger partial charge in [0.05, 0.1) is 6.54 Å². The number of rotatable bonds is 4. The topological polar surface area (TPSA) is 79.5 Å². The summed E-state index contributed by atoms with van der Waals surface area (Å²) in [6.45, 7) is 2.52. The van der Waals surface area contributed by atoms with E-state index in [2.05, 4.69) is 15.0 Å². The van der Waals surface area contributed by atoms with Gasteiger partial charge in [0, 0.05) is 25.4 Å². The van der Waals surface area contributed by atoms with Crippen LogP contribution in [0.2, 0.25) is 0 Å². The molecule has 2 aliphatic heterocycles. The van der Waals surface area contributed by atoms with Gasteiger partial charge < -0.3 is 9.63 Å². The molecule has 2 atom stereocenters. The van der Waals surface area contributed by atoms with Crippen LogP contribution in [0.1, 0.15) is 43.8 Å². The Hall–Kier alpha value is -1.43. The summed E-state index contributed by atoms with van der Waals surface area (Å²) in [6, 6.07) is 0.976. The van der Waals surface area contributed by atoms with Crippen molar-refractivity contribution in [2.75, 3.05) is 0 Å². The van der Waals surface area contributed by atoms with Gasteiger partial charge in [0.15, 0.2) is 5.82 Å². The van der Waals surface area contributed by atoms with Crippen LogP contribution in [-0.4, -0.2) is 38.2 Å². The minimum absolute atomic E-state index is 0.308. The van der Waals surface area contributed by atoms with Crippen LogP contribution in [-0.2, 0) is 11.3 Å². The van der Waals surface area contributed by atoms with E-state index in [0.717, 1.165) is 38.1 Å². The van der Waals surface area contributed by atoms with Gasteiger partial charge in [0.2, 0.25) is 5.89 Å². The van der Waals surface area contributed by atoms with E-state index in [1.165, 1.54) is 0 Å². The number of aliphatic carboxylic acids is 1. The van der Waals surface area contributed by atoms with E-state index < -0.39 is 5.97 Å². The van der Waals surface area contributed by atoms with E-state index >= 15 is 0 Å². The van der Waals surface area contributed by atoms with E-state index in [1.54, 1.807) is 6.92 Å². The number of hydrogen-bond donors (Lipinski definition) is 1. The lowest BCUT2D eigenvalue weighted by molar-refractivity contribution is -0.138. The Morgan fingerprint density at radius 1 is 1.42 bits per heavy atom. The van der Waals surface area contributed by atoms with Crippen molar-refractivity contribution in [3.05, 3.63) is 11.7 Å². The number of aromatic nitrogens is 2. The van der Waals surface area contributed by atoms with Crippen LogP contribution in [0, 0.1) is 12.8 Å². The second kappa shape index (κ2) is 4.92. The van der Waals surface area contributed by atoms with Crippen molar-refractivity contribution < 1.29 is 14.4 Å². The molecule has 0 radical (unpaired) electrons. The van der Waals surface area contributed by atoms with Crippen LogP contribution in [0.5, 0.6) is 0 Å². The van der Waals surface area contributed by atoms with Crippen molar-refractivity contribution in [2.24, 2.45) is 5.92 Å². The maximum absolute atomic E-state index is 10.8. The highest BCUT2D eigenvalue weighted by atomic mass is 16.5. The quantitative estimate of drug-likeness (QED) is 0.890. The largest absolute Gasteiger partial charge is 0.481 e. The van der Waals surface area contributed by atoms with E-state index in [4.69, 9.17) is 9.63 Å². The molecule has 0 aliphatic carbocycles. The maximum Gasteiger partial charge on any atom is 0.303 e. The van der Waals surface area contributed by atoms with E-state index in [0.29, 0.717) is 30.3 Å². The van der Waals surface area contributed by atoms with E-state index in [-0.39, 0.29) is 0 Å². The molecule has 0 saturated carbocycles. The first-order chi connectivity index (χ1) is 9.11. The van der Waals surface area contributed by atoms with Gasteiger partial charge in [-0.25, -0.2) is 0 Å². The van der Waals surface area contributed by atoms with Crippen molar-refractivity contribution in [1.82, 2.24) is 15.0 Å². The summed E-state index contributed by atoms with van der Waals surface area (Å²) >= 11 is 0. The Bertz CT molecular complexity index is 459. The Kier molecular flexibility index (Phi) is 3.26. The summed E-state index contributed by atoms with van der Waals surface area (Å²) < 4.78 is 5.01. The lowest BCUT2D eigenvalue weighted by atomic mass is 9.88. The van der Waals surface area contributed by atoms with Crippen LogP contribution in [0.25, 0.3) is 0 Å². The van der Waals surface area contributed by atoms with Crippen LogP contribution in [0.3, 0.4) is 0 Å². The summed E-state index contributed by atoms with van der Waals surface area (Å²) in [5.74, 6) is 0.999. The first-order valence-corrected chi connectivity index (χ1v) is 6.88. The van der Waals surface area contributed by atoms with Gasteiger partial charge in [-0.15, -0.1) is 0 Å². The average molecular weight is 265 g/mol. The number of hydrogen-bond acceptors (Lipinski definition) is 5. The molecule has 6 heteroatoms. The van der Waals surface area contributed by atoms with Gasteiger partial charge in [0.1, 0.15) is 0 Å². The number of carboxylic acid groups (broad SMARTS) is 1. The number of aryl methyl sites for hydroxylation is 1. The molecule has 2 saturated heterocycles. The molecule has 3 rings (SSSR count). The monoisotopic (exact) mass is 265 g/mol. The fraction of sp³-hybridized carbons (Fsp3) is 0.769. The zero-order chi connectivity index (χ0) is 13.4. The molecule has 2 aliphatic rings. The van der Waals surface area contributed by atoms with Gasteiger partial charge in [-0.3, -0.25) is 9.69 Å². The average Bonchev–Trinajstić information content (AvgIpc) is 2.82. The van der Waals surface area contributed by atoms with Crippen LogP contribution < -0.4 is 0 Å². The normalized spacial score (nSPS) is 30.7. The van der Waals surface area contributed by atoms with Gasteiger partial charge in [-0.1, -0.05) is 5.16 Å². The van der Waals surface area contributed by atoms with Gasteiger partial charge in [0.25, 0.3) is 0 Å². The summed E-state index contributed by atoms with van der Waals surface area (Å²) in [5.41, 5.74) is 0. The first kappa shape index (κ1) is 12.6. The standard InChI is InChI=1S/C13H19N3O3/c1-8-14-12(15-19-8)7-16-10-2-3-11(16)5-9(4-10)6-13(17)18/h9-11H,2-7H2,1H3,(H,17,18). The van der Waals surface area contributed by atoms with E-state index in [9.17, 15) is 4.79 Å². The molecule has 2 unspecified atom stereocenters. The Morgan fingerprint density at radius 3 is 2.63 bits per heavy atom. The predicted molar refractivity (Wildman–Crippen MR) is 66.4 cm³/mol. The Labute approximate surface area is 111 Å². The minimum atomic E-state index is -0.674. The lowest BCUT2D eigenvalue weighted by Crippen LogP contribution is -2.42. The molecule has 1 aromatic rings. The zero-order valence-electron chi connectivity index (χ0n) is 11.1. The van der Waals surface area contributed by atoms with Gasteiger partial charge >= 0.3 is 5.97 Å². The molecule has 3 heterocycles. The minimum Gasteiger partial charge on any atom is -0.481 e. The van der Waals surface area contributed by atoms with E-state index in [1.807, 2.05) is 0 Å². The SMILES string of the molecule is Cc1nc(CN2C3CCC2CC(CC(=O)O)C3)no1. The molecule has 1 N–H and O–H groups in total. The van der Waals surface area contributed by atoms with Crippen molar-refractivity contribution in [2.45, 2.75) is 57.7 Å². The number of carboxylic acids is 1. The first-order valence-electron chi connectivity index (χ1n) is 6.88. The summed E-state index contributed by atoms with van der Waals surface area (Å²) in [4.78, 5) is 17.5. The number of carbonyl (C=O) groups is 1. The molecule has 1 aromatic heterocycles. The van der Waals surface area contributed by atoms with Gasteiger partial charge in [-0.05, 0) is 31.6 Å². The highest BCUT2D eigenvalue weighted by molar-refractivity contribution is 5.67. The summed E-state index contributed by atoms with van der Waals surface area (Å²) in [5, 5.41) is 12.9. The lowest BCUT2D eigenvalue weighted by Gasteiger charge is -2.37. The van der Waals surface area contributed by atoms with Crippen molar-refractivity contribution in [3.63, 3.8) is 0 Å². The predicted octanol–water partition coefficient (Wildman–Crippen LogP) is 1.60. The highest BCUT2D eigenvalue weighted by Crippen LogP contribution is 2.40.